The van der Waals surface area contributed by atoms with Crippen molar-refractivity contribution in [1.29, 1.82) is 0 Å². The first kappa shape index (κ1) is 15.3. The standard InChI is InChI=1S/C16H21N3O2/c1-11-8-19-14(12(2)15(11)20-3)10-17-9-13-6-5-7-18-16(13)21-4/h5-8,17H,9-10H2,1-4H3. The lowest BCUT2D eigenvalue weighted by molar-refractivity contribution is 0.390. The van der Waals surface area contributed by atoms with E-state index in [2.05, 4.69) is 15.3 Å². The van der Waals surface area contributed by atoms with Crippen LogP contribution in [0.3, 0.4) is 0 Å². The first-order valence-corrected chi connectivity index (χ1v) is 6.85. The van der Waals surface area contributed by atoms with E-state index in [4.69, 9.17) is 9.47 Å². The molecule has 112 valence electrons. The van der Waals surface area contributed by atoms with Crippen molar-refractivity contribution in [1.82, 2.24) is 15.3 Å². The molecule has 0 aliphatic heterocycles. The molecule has 0 bridgehead atoms. The molecule has 2 heterocycles. The summed E-state index contributed by atoms with van der Waals surface area (Å²) in [4.78, 5) is 8.65. The third kappa shape index (κ3) is 3.49. The highest BCUT2D eigenvalue weighted by atomic mass is 16.5. The van der Waals surface area contributed by atoms with E-state index >= 15 is 0 Å². The summed E-state index contributed by atoms with van der Waals surface area (Å²) < 4.78 is 10.7. The molecule has 21 heavy (non-hydrogen) atoms. The molecule has 2 aromatic rings. The Morgan fingerprint density at radius 3 is 2.62 bits per heavy atom. The average molecular weight is 287 g/mol. The summed E-state index contributed by atoms with van der Waals surface area (Å²) in [6.07, 6.45) is 3.56. The van der Waals surface area contributed by atoms with Gasteiger partial charge in [0, 0.05) is 42.2 Å². The van der Waals surface area contributed by atoms with Crippen molar-refractivity contribution in [2.75, 3.05) is 14.2 Å². The Balaban J connectivity index is 2.04. The zero-order valence-corrected chi connectivity index (χ0v) is 12.9. The van der Waals surface area contributed by atoms with Crippen LogP contribution in [-0.2, 0) is 13.1 Å². The Bertz CT molecular complexity index is 614. The van der Waals surface area contributed by atoms with E-state index < -0.39 is 0 Å². The molecule has 5 nitrogen and oxygen atoms in total. The number of rotatable bonds is 6. The van der Waals surface area contributed by atoms with Crippen molar-refractivity contribution in [2.24, 2.45) is 0 Å². The smallest absolute Gasteiger partial charge is 0.217 e. The van der Waals surface area contributed by atoms with Gasteiger partial charge in [-0.05, 0) is 19.9 Å². The lowest BCUT2D eigenvalue weighted by Gasteiger charge is -2.13. The lowest BCUT2D eigenvalue weighted by Crippen LogP contribution is -2.16. The van der Waals surface area contributed by atoms with Crippen LogP contribution < -0.4 is 14.8 Å². The Kier molecular flexibility index (Phi) is 5.11. The number of methoxy groups -OCH3 is 2. The second-order valence-electron chi connectivity index (χ2n) is 4.82. The normalized spacial score (nSPS) is 10.5. The summed E-state index contributed by atoms with van der Waals surface area (Å²) in [6, 6.07) is 3.90. The van der Waals surface area contributed by atoms with Gasteiger partial charge in [0.2, 0.25) is 5.88 Å². The minimum atomic E-state index is 0.649. The SMILES string of the molecule is COc1ncccc1CNCc1ncc(C)c(OC)c1C. The highest BCUT2D eigenvalue weighted by Crippen LogP contribution is 2.24. The first-order chi connectivity index (χ1) is 10.2. The van der Waals surface area contributed by atoms with Crippen LogP contribution in [0.2, 0.25) is 0 Å². The van der Waals surface area contributed by atoms with Gasteiger partial charge in [-0.2, -0.15) is 0 Å². The Morgan fingerprint density at radius 1 is 1.10 bits per heavy atom. The van der Waals surface area contributed by atoms with Crippen LogP contribution in [0.4, 0.5) is 0 Å². The van der Waals surface area contributed by atoms with E-state index in [1.807, 2.05) is 32.2 Å². The molecule has 0 atom stereocenters. The molecule has 5 heteroatoms. The number of aryl methyl sites for hydroxylation is 1. The largest absolute Gasteiger partial charge is 0.496 e. The summed E-state index contributed by atoms with van der Waals surface area (Å²) >= 11 is 0. The van der Waals surface area contributed by atoms with Crippen molar-refractivity contribution in [3.8, 4) is 11.6 Å². The van der Waals surface area contributed by atoms with Gasteiger partial charge in [-0.1, -0.05) is 6.07 Å². The van der Waals surface area contributed by atoms with E-state index in [0.717, 1.165) is 28.1 Å². The maximum absolute atomic E-state index is 5.42. The summed E-state index contributed by atoms with van der Waals surface area (Å²) in [6.45, 7) is 5.37. The highest BCUT2D eigenvalue weighted by molar-refractivity contribution is 5.41. The number of hydrogen-bond donors (Lipinski definition) is 1. The van der Waals surface area contributed by atoms with Crippen molar-refractivity contribution < 1.29 is 9.47 Å². The minimum Gasteiger partial charge on any atom is -0.496 e. The van der Waals surface area contributed by atoms with Crippen molar-refractivity contribution >= 4 is 0 Å². The average Bonchev–Trinajstić information content (AvgIpc) is 2.50. The molecule has 0 amide bonds. The number of hydrogen-bond acceptors (Lipinski definition) is 5. The monoisotopic (exact) mass is 287 g/mol. The predicted molar refractivity (Wildman–Crippen MR) is 81.6 cm³/mol. The molecule has 0 aliphatic carbocycles. The number of pyridine rings is 2. The van der Waals surface area contributed by atoms with E-state index in [1.54, 1.807) is 20.4 Å². The number of nitrogens with one attached hydrogen (secondary N) is 1. The molecule has 0 aromatic carbocycles. The first-order valence-electron chi connectivity index (χ1n) is 6.85. The molecule has 0 saturated carbocycles. The van der Waals surface area contributed by atoms with Gasteiger partial charge in [0.05, 0.1) is 19.9 Å². The van der Waals surface area contributed by atoms with Gasteiger partial charge in [0.25, 0.3) is 0 Å². The molecule has 0 aliphatic rings. The van der Waals surface area contributed by atoms with E-state index in [0.29, 0.717) is 19.0 Å². The quantitative estimate of drug-likeness (QED) is 0.884. The summed E-state index contributed by atoms with van der Waals surface area (Å²) in [5.74, 6) is 1.55. The molecule has 2 aromatic heterocycles. The highest BCUT2D eigenvalue weighted by Gasteiger charge is 2.09. The van der Waals surface area contributed by atoms with Crippen molar-refractivity contribution in [3.05, 3.63) is 46.9 Å². The molecular weight excluding hydrogens is 266 g/mol. The third-order valence-corrected chi connectivity index (χ3v) is 3.40. The Morgan fingerprint density at radius 2 is 1.90 bits per heavy atom. The van der Waals surface area contributed by atoms with Crippen LogP contribution in [0.15, 0.2) is 24.5 Å². The van der Waals surface area contributed by atoms with Gasteiger partial charge < -0.3 is 14.8 Å². The second-order valence-corrected chi connectivity index (χ2v) is 4.82. The van der Waals surface area contributed by atoms with Crippen LogP contribution in [0.1, 0.15) is 22.4 Å². The second kappa shape index (κ2) is 7.04. The van der Waals surface area contributed by atoms with Crippen LogP contribution in [-0.4, -0.2) is 24.2 Å². The fourth-order valence-corrected chi connectivity index (χ4v) is 2.31. The molecule has 2 rings (SSSR count). The zero-order chi connectivity index (χ0) is 15.2. The summed E-state index contributed by atoms with van der Waals surface area (Å²) in [5, 5.41) is 3.37. The van der Waals surface area contributed by atoms with Crippen LogP contribution in [0.5, 0.6) is 11.6 Å². The predicted octanol–water partition coefficient (Wildman–Crippen LogP) is 2.40. The maximum Gasteiger partial charge on any atom is 0.217 e. The molecule has 0 radical (unpaired) electrons. The molecule has 0 fully saturated rings. The lowest BCUT2D eigenvalue weighted by atomic mass is 10.1. The number of nitrogens with zero attached hydrogens (tertiary/aromatic N) is 2. The van der Waals surface area contributed by atoms with Gasteiger partial charge in [-0.25, -0.2) is 4.98 Å². The van der Waals surface area contributed by atoms with Crippen molar-refractivity contribution in [3.63, 3.8) is 0 Å². The fourth-order valence-electron chi connectivity index (χ4n) is 2.31. The van der Waals surface area contributed by atoms with E-state index in [1.165, 1.54) is 0 Å². The van der Waals surface area contributed by atoms with Gasteiger partial charge in [0.15, 0.2) is 0 Å². The molecular formula is C16H21N3O2. The summed E-state index contributed by atoms with van der Waals surface area (Å²) in [7, 11) is 3.31. The van der Waals surface area contributed by atoms with Gasteiger partial charge in [-0.15, -0.1) is 0 Å². The van der Waals surface area contributed by atoms with Crippen LogP contribution in [0.25, 0.3) is 0 Å². The summed E-state index contributed by atoms with van der Waals surface area (Å²) in [5.41, 5.74) is 4.13. The van der Waals surface area contributed by atoms with E-state index in [-0.39, 0.29) is 0 Å². The number of aromatic nitrogens is 2. The van der Waals surface area contributed by atoms with Gasteiger partial charge >= 0.3 is 0 Å². The van der Waals surface area contributed by atoms with E-state index in [9.17, 15) is 0 Å². The minimum absolute atomic E-state index is 0.649. The Labute approximate surface area is 125 Å². The third-order valence-electron chi connectivity index (χ3n) is 3.40. The molecule has 0 unspecified atom stereocenters. The van der Waals surface area contributed by atoms with Crippen LogP contribution >= 0.6 is 0 Å². The molecule has 0 spiro atoms. The molecule has 1 N–H and O–H groups in total. The van der Waals surface area contributed by atoms with Gasteiger partial charge in [0.1, 0.15) is 5.75 Å². The maximum atomic E-state index is 5.42. The fraction of sp³-hybridized carbons (Fsp3) is 0.375. The topological polar surface area (TPSA) is 56.3 Å². The van der Waals surface area contributed by atoms with Gasteiger partial charge in [-0.3, -0.25) is 4.98 Å². The number of ether oxygens (including phenoxy) is 2. The van der Waals surface area contributed by atoms with Crippen LogP contribution in [0, 0.1) is 13.8 Å². The zero-order valence-electron chi connectivity index (χ0n) is 12.9. The molecule has 0 saturated heterocycles. The Hall–Kier alpha value is -2.14. The van der Waals surface area contributed by atoms with Crippen molar-refractivity contribution in [2.45, 2.75) is 26.9 Å².